The van der Waals surface area contributed by atoms with Crippen molar-refractivity contribution in [2.45, 2.75) is 0 Å². The van der Waals surface area contributed by atoms with Gasteiger partial charge < -0.3 is 5.32 Å². The quantitative estimate of drug-likeness (QED) is 0.608. The Bertz CT molecular complexity index is 940. The number of nitrogens with zero attached hydrogens (tertiary/aromatic N) is 3. The molecule has 102 valence electrons. The minimum atomic E-state index is 0.658. The van der Waals surface area contributed by atoms with E-state index >= 15 is 0 Å². The number of benzene rings is 1. The first-order valence-corrected chi connectivity index (χ1v) is 7.52. The van der Waals surface area contributed by atoms with E-state index in [1.165, 1.54) is 0 Å². The SMILES string of the molecule is CNc1nc(-c2nccc3ccccc23)nc2sccc12. The lowest BCUT2D eigenvalue weighted by atomic mass is 10.1. The summed E-state index contributed by atoms with van der Waals surface area (Å²) in [5.74, 6) is 1.50. The number of nitrogens with one attached hydrogen (secondary N) is 1. The fourth-order valence-electron chi connectivity index (χ4n) is 2.45. The Kier molecular flexibility index (Phi) is 2.79. The van der Waals surface area contributed by atoms with Crippen LogP contribution in [0.1, 0.15) is 0 Å². The normalized spacial score (nSPS) is 11.1. The van der Waals surface area contributed by atoms with Crippen LogP contribution >= 0.6 is 11.3 Å². The molecule has 0 radical (unpaired) electrons. The molecule has 0 saturated heterocycles. The second kappa shape index (κ2) is 4.79. The van der Waals surface area contributed by atoms with Crippen LogP contribution in [-0.2, 0) is 0 Å². The predicted molar refractivity (Wildman–Crippen MR) is 87.7 cm³/mol. The van der Waals surface area contributed by atoms with E-state index in [-0.39, 0.29) is 0 Å². The van der Waals surface area contributed by atoms with Gasteiger partial charge in [-0.15, -0.1) is 11.3 Å². The Morgan fingerprint density at radius 3 is 2.81 bits per heavy atom. The summed E-state index contributed by atoms with van der Waals surface area (Å²) >= 11 is 1.61. The van der Waals surface area contributed by atoms with E-state index in [1.54, 1.807) is 17.5 Å². The Hall–Kier alpha value is -2.53. The van der Waals surface area contributed by atoms with E-state index in [4.69, 9.17) is 0 Å². The van der Waals surface area contributed by atoms with Gasteiger partial charge in [0.15, 0.2) is 5.82 Å². The van der Waals surface area contributed by atoms with Crippen LogP contribution in [0.2, 0.25) is 0 Å². The standard InChI is InChI=1S/C16H12N4S/c1-17-14-12-7-9-21-16(12)20-15(19-14)13-11-5-3-2-4-10(11)6-8-18-13/h2-9H,1H3,(H,17,19,20). The van der Waals surface area contributed by atoms with Crippen molar-refractivity contribution in [2.75, 3.05) is 12.4 Å². The third-order valence-corrected chi connectivity index (χ3v) is 4.25. The van der Waals surface area contributed by atoms with Crippen LogP contribution in [0.5, 0.6) is 0 Å². The van der Waals surface area contributed by atoms with E-state index in [0.717, 1.165) is 32.5 Å². The summed E-state index contributed by atoms with van der Waals surface area (Å²) in [4.78, 5) is 14.8. The van der Waals surface area contributed by atoms with Crippen molar-refractivity contribution in [1.29, 1.82) is 0 Å². The number of pyridine rings is 1. The van der Waals surface area contributed by atoms with Crippen molar-refractivity contribution in [1.82, 2.24) is 15.0 Å². The first kappa shape index (κ1) is 12.2. The Balaban J connectivity index is 2.04. The predicted octanol–water partition coefficient (Wildman–Crippen LogP) is 3.95. The maximum absolute atomic E-state index is 4.67. The second-order valence-corrected chi connectivity index (χ2v) is 5.56. The van der Waals surface area contributed by atoms with Gasteiger partial charge in [0.2, 0.25) is 0 Å². The first-order chi connectivity index (χ1) is 10.4. The van der Waals surface area contributed by atoms with E-state index < -0.39 is 0 Å². The van der Waals surface area contributed by atoms with Gasteiger partial charge >= 0.3 is 0 Å². The number of thiophene rings is 1. The van der Waals surface area contributed by atoms with E-state index in [9.17, 15) is 0 Å². The number of aromatic nitrogens is 3. The van der Waals surface area contributed by atoms with Crippen LogP contribution < -0.4 is 5.32 Å². The molecule has 1 N–H and O–H groups in total. The zero-order valence-electron chi connectivity index (χ0n) is 11.4. The monoisotopic (exact) mass is 292 g/mol. The molecule has 0 fully saturated rings. The summed E-state index contributed by atoms with van der Waals surface area (Å²) in [6.45, 7) is 0. The van der Waals surface area contributed by atoms with Gasteiger partial charge in [0.25, 0.3) is 0 Å². The molecule has 4 nitrogen and oxygen atoms in total. The molecular formula is C16H12N4S. The van der Waals surface area contributed by atoms with Crippen LogP contribution in [0.3, 0.4) is 0 Å². The van der Waals surface area contributed by atoms with Gasteiger partial charge in [-0.05, 0) is 22.9 Å². The molecule has 0 amide bonds. The summed E-state index contributed by atoms with van der Waals surface area (Å²) in [5.41, 5.74) is 0.819. The lowest BCUT2D eigenvalue weighted by Gasteiger charge is -2.07. The smallest absolute Gasteiger partial charge is 0.182 e. The number of hydrogen-bond acceptors (Lipinski definition) is 5. The third kappa shape index (κ3) is 1.94. The molecule has 0 unspecified atom stereocenters. The number of anilines is 1. The molecule has 1 aromatic carbocycles. The highest BCUT2D eigenvalue weighted by molar-refractivity contribution is 7.16. The van der Waals surface area contributed by atoms with Crippen molar-refractivity contribution >= 4 is 38.1 Å². The molecule has 0 spiro atoms. The van der Waals surface area contributed by atoms with E-state index in [1.807, 2.05) is 36.7 Å². The highest BCUT2D eigenvalue weighted by Crippen LogP contribution is 2.30. The molecule has 0 bridgehead atoms. The van der Waals surface area contributed by atoms with Gasteiger partial charge in [0.1, 0.15) is 16.3 Å². The molecular weight excluding hydrogens is 280 g/mol. The Labute approximate surface area is 125 Å². The maximum Gasteiger partial charge on any atom is 0.182 e. The number of rotatable bonds is 2. The molecule has 0 saturated carbocycles. The second-order valence-electron chi connectivity index (χ2n) is 4.67. The van der Waals surface area contributed by atoms with Crippen LogP contribution in [0.4, 0.5) is 5.82 Å². The fourth-order valence-corrected chi connectivity index (χ4v) is 3.21. The Morgan fingerprint density at radius 1 is 1.00 bits per heavy atom. The molecule has 21 heavy (non-hydrogen) atoms. The van der Waals surface area contributed by atoms with Crippen molar-refractivity contribution in [3.63, 3.8) is 0 Å². The maximum atomic E-state index is 4.67. The van der Waals surface area contributed by atoms with E-state index in [0.29, 0.717) is 5.82 Å². The van der Waals surface area contributed by atoms with Crippen LogP contribution in [0.25, 0.3) is 32.5 Å². The number of hydrogen-bond donors (Lipinski definition) is 1. The minimum Gasteiger partial charge on any atom is -0.372 e. The zero-order chi connectivity index (χ0) is 14.2. The van der Waals surface area contributed by atoms with E-state index in [2.05, 4.69) is 32.4 Å². The van der Waals surface area contributed by atoms with Crippen molar-refractivity contribution in [3.05, 3.63) is 48.0 Å². The topological polar surface area (TPSA) is 50.7 Å². The van der Waals surface area contributed by atoms with Gasteiger partial charge in [-0.1, -0.05) is 24.3 Å². The highest BCUT2D eigenvalue weighted by atomic mass is 32.1. The summed E-state index contributed by atoms with van der Waals surface area (Å²) in [6, 6.07) is 12.2. The van der Waals surface area contributed by atoms with Gasteiger partial charge in [0, 0.05) is 18.6 Å². The molecule has 4 aromatic rings. The van der Waals surface area contributed by atoms with Crippen molar-refractivity contribution < 1.29 is 0 Å². The fraction of sp³-hybridized carbons (Fsp3) is 0.0625. The lowest BCUT2D eigenvalue weighted by Crippen LogP contribution is -1.98. The highest BCUT2D eigenvalue weighted by Gasteiger charge is 2.12. The van der Waals surface area contributed by atoms with Crippen LogP contribution in [0.15, 0.2) is 48.0 Å². The van der Waals surface area contributed by atoms with Gasteiger partial charge in [-0.25, -0.2) is 9.97 Å². The summed E-state index contributed by atoms with van der Waals surface area (Å²) < 4.78 is 0. The van der Waals surface area contributed by atoms with Gasteiger partial charge in [-0.3, -0.25) is 4.98 Å². The molecule has 0 aliphatic heterocycles. The summed E-state index contributed by atoms with van der Waals surface area (Å²) in [7, 11) is 1.87. The molecule has 3 heterocycles. The first-order valence-electron chi connectivity index (χ1n) is 6.64. The molecule has 3 aromatic heterocycles. The van der Waals surface area contributed by atoms with Crippen LogP contribution in [0, 0.1) is 0 Å². The third-order valence-electron chi connectivity index (χ3n) is 3.45. The molecule has 0 aliphatic rings. The summed E-state index contributed by atoms with van der Waals surface area (Å²) in [5, 5.41) is 8.43. The van der Waals surface area contributed by atoms with Crippen LogP contribution in [-0.4, -0.2) is 22.0 Å². The Morgan fingerprint density at radius 2 is 1.90 bits per heavy atom. The summed E-state index contributed by atoms with van der Waals surface area (Å²) in [6.07, 6.45) is 1.80. The zero-order valence-corrected chi connectivity index (χ0v) is 12.2. The molecule has 0 atom stereocenters. The van der Waals surface area contributed by atoms with Gasteiger partial charge in [0.05, 0.1) is 5.39 Å². The molecule has 4 rings (SSSR count). The average Bonchev–Trinajstić information content (AvgIpc) is 3.02. The number of fused-ring (bicyclic) bond motifs is 2. The largest absolute Gasteiger partial charge is 0.372 e. The lowest BCUT2D eigenvalue weighted by molar-refractivity contribution is 1.19. The average molecular weight is 292 g/mol. The van der Waals surface area contributed by atoms with Crippen molar-refractivity contribution in [3.8, 4) is 11.5 Å². The van der Waals surface area contributed by atoms with Gasteiger partial charge in [-0.2, -0.15) is 0 Å². The molecule has 0 aliphatic carbocycles. The minimum absolute atomic E-state index is 0.658. The molecule has 5 heteroatoms. The van der Waals surface area contributed by atoms with Crippen molar-refractivity contribution in [2.24, 2.45) is 0 Å².